The number of rotatable bonds is 6. The van der Waals surface area contributed by atoms with E-state index < -0.39 is 0 Å². The molecular weight excluding hydrogens is 380 g/mol. The van der Waals surface area contributed by atoms with Crippen molar-refractivity contribution < 1.29 is 19.1 Å². The lowest BCUT2D eigenvalue weighted by atomic mass is 10.0. The highest BCUT2D eigenvalue weighted by molar-refractivity contribution is 6.11. The molecule has 0 aliphatic carbocycles. The molecular formula is C24H24N2O4. The van der Waals surface area contributed by atoms with Gasteiger partial charge in [-0.3, -0.25) is 9.59 Å². The monoisotopic (exact) mass is 404 g/mol. The summed E-state index contributed by atoms with van der Waals surface area (Å²) in [7, 11) is 1.54. The molecule has 0 spiro atoms. The Morgan fingerprint density at radius 3 is 2.47 bits per heavy atom. The standard InChI is InChI=1S/C24H24N2O4/c1-29-22-14-17-8-3-2-7-16(17)13-20(22)24(28)26-21-11-5-4-10-19(21)23(27)25-15-18-9-6-12-30-18/h2-5,7-8,10-11,13-14,18H,6,9,12,15H2,1H3,(H,25,27)(H,26,28)/t18-/m1/s1. The van der Waals surface area contributed by atoms with Crippen LogP contribution < -0.4 is 15.4 Å². The maximum absolute atomic E-state index is 13.0. The summed E-state index contributed by atoms with van der Waals surface area (Å²) in [6.07, 6.45) is 2.01. The Kier molecular flexibility index (Phi) is 5.95. The number of nitrogens with one attached hydrogen (secondary N) is 2. The molecule has 1 saturated heterocycles. The SMILES string of the molecule is COc1cc2ccccc2cc1C(=O)Nc1ccccc1C(=O)NC[C@H]1CCCO1. The first-order chi connectivity index (χ1) is 14.7. The normalized spacial score (nSPS) is 15.7. The molecule has 1 aliphatic heterocycles. The van der Waals surface area contributed by atoms with E-state index in [2.05, 4.69) is 10.6 Å². The van der Waals surface area contributed by atoms with Crippen LogP contribution in [0.1, 0.15) is 33.6 Å². The molecule has 2 N–H and O–H groups in total. The Bertz CT molecular complexity index is 1070. The van der Waals surface area contributed by atoms with Crippen LogP contribution >= 0.6 is 0 Å². The minimum Gasteiger partial charge on any atom is -0.496 e. The molecule has 0 bridgehead atoms. The Hall–Kier alpha value is -3.38. The minimum atomic E-state index is -0.336. The Labute approximate surface area is 175 Å². The van der Waals surface area contributed by atoms with Gasteiger partial charge in [-0.25, -0.2) is 0 Å². The van der Waals surface area contributed by atoms with E-state index in [0.29, 0.717) is 29.1 Å². The van der Waals surface area contributed by atoms with Gasteiger partial charge in [0.05, 0.1) is 30.0 Å². The lowest BCUT2D eigenvalue weighted by Crippen LogP contribution is -2.32. The molecule has 4 rings (SSSR count). The molecule has 6 nitrogen and oxygen atoms in total. The number of benzene rings is 3. The average molecular weight is 404 g/mol. The molecule has 1 aliphatic rings. The zero-order chi connectivity index (χ0) is 20.9. The highest BCUT2D eigenvalue weighted by Gasteiger charge is 2.20. The molecule has 1 heterocycles. The van der Waals surface area contributed by atoms with E-state index in [1.807, 2.05) is 30.3 Å². The fraction of sp³-hybridized carbons (Fsp3) is 0.250. The van der Waals surface area contributed by atoms with Crippen LogP contribution in [0.3, 0.4) is 0 Å². The second-order valence-electron chi connectivity index (χ2n) is 7.24. The number of amides is 2. The molecule has 0 unspecified atom stereocenters. The number of hydrogen-bond acceptors (Lipinski definition) is 4. The van der Waals surface area contributed by atoms with Crippen LogP contribution in [-0.2, 0) is 4.74 Å². The van der Waals surface area contributed by atoms with Crippen molar-refractivity contribution in [2.24, 2.45) is 0 Å². The van der Waals surface area contributed by atoms with Crippen molar-refractivity contribution in [2.75, 3.05) is 25.6 Å². The van der Waals surface area contributed by atoms with Gasteiger partial charge in [0.2, 0.25) is 0 Å². The number of para-hydroxylation sites is 1. The summed E-state index contributed by atoms with van der Waals surface area (Å²) in [6, 6.07) is 18.4. The predicted octanol–water partition coefficient (Wildman–Crippen LogP) is 4.01. The quantitative estimate of drug-likeness (QED) is 0.651. The molecule has 0 aromatic heterocycles. The number of anilines is 1. The number of carbonyl (C=O) groups excluding carboxylic acids is 2. The van der Waals surface area contributed by atoms with E-state index in [4.69, 9.17) is 9.47 Å². The zero-order valence-corrected chi connectivity index (χ0v) is 16.8. The van der Waals surface area contributed by atoms with Gasteiger partial charge in [0.25, 0.3) is 11.8 Å². The maximum atomic E-state index is 13.0. The molecule has 1 atom stereocenters. The van der Waals surface area contributed by atoms with Gasteiger partial charge in [0.1, 0.15) is 5.75 Å². The lowest BCUT2D eigenvalue weighted by Gasteiger charge is -2.15. The number of fused-ring (bicyclic) bond motifs is 1. The van der Waals surface area contributed by atoms with Crippen LogP contribution in [0.2, 0.25) is 0 Å². The van der Waals surface area contributed by atoms with Crippen LogP contribution in [0, 0.1) is 0 Å². The summed E-state index contributed by atoms with van der Waals surface area (Å²) < 4.78 is 11.0. The highest BCUT2D eigenvalue weighted by Crippen LogP contribution is 2.27. The highest BCUT2D eigenvalue weighted by atomic mass is 16.5. The predicted molar refractivity (Wildman–Crippen MR) is 116 cm³/mol. The van der Waals surface area contributed by atoms with Gasteiger partial charge in [-0.2, -0.15) is 0 Å². The number of ether oxygens (including phenoxy) is 2. The maximum Gasteiger partial charge on any atom is 0.259 e. The third-order valence-electron chi connectivity index (χ3n) is 5.25. The van der Waals surface area contributed by atoms with E-state index in [-0.39, 0.29) is 17.9 Å². The van der Waals surface area contributed by atoms with Gasteiger partial charge in [0.15, 0.2) is 0 Å². The largest absolute Gasteiger partial charge is 0.496 e. The first-order valence-electron chi connectivity index (χ1n) is 10.0. The van der Waals surface area contributed by atoms with E-state index in [9.17, 15) is 9.59 Å². The van der Waals surface area contributed by atoms with Gasteiger partial charge < -0.3 is 20.1 Å². The van der Waals surface area contributed by atoms with Crippen LogP contribution in [0.4, 0.5) is 5.69 Å². The summed E-state index contributed by atoms with van der Waals surface area (Å²) in [6.45, 7) is 1.19. The molecule has 3 aromatic rings. The fourth-order valence-electron chi connectivity index (χ4n) is 3.65. The van der Waals surface area contributed by atoms with Crippen LogP contribution in [-0.4, -0.2) is 38.2 Å². The van der Waals surface area contributed by atoms with E-state index in [0.717, 1.165) is 30.2 Å². The molecule has 0 radical (unpaired) electrons. The fourth-order valence-corrected chi connectivity index (χ4v) is 3.65. The van der Waals surface area contributed by atoms with Gasteiger partial charge in [0, 0.05) is 13.2 Å². The van der Waals surface area contributed by atoms with Crippen LogP contribution in [0.5, 0.6) is 5.75 Å². The summed E-state index contributed by atoms with van der Waals surface area (Å²) >= 11 is 0. The number of methoxy groups -OCH3 is 1. The summed E-state index contributed by atoms with van der Waals surface area (Å²) in [5.41, 5.74) is 1.26. The Balaban J connectivity index is 1.55. The third kappa shape index (κ3) is 4.28. The topological polar surface area (TPSA) is 76.7 Å². The lowest BCUT2D eigenvalue weighted by molar-refractivity contribution is 0.0858. The van der Waals surface area contributed by atoms with Crippen molar-refractivity contribution in [1.82, 2.24) is 5.32 Å². The summed E-state index contributed by atoms with van der Waals surface area (Å²) in [5.74, 6) is -0.102. The van der Waals surface area contributed by atoms with Crippen LogP contribution in [0.25, 0.3) is 10.8 Å². The van der Waals surface area contributed by atoms with E-state index >= 15 is 0 Å². The number of carbonyl (C=O) groups is 2. The molecule has 3 aromatic carbocycles. The van der Waals surface area contributed by atoms with Crippen molar-refractivity contribution in [3.05, 3.63) is 71.8 Å². The Morgan fingerprint density at radius 1 is 1.00 bits per heavy atom. The third-order valence-corrected chi connectivity index (χ3v) is 5.25. The molecule has 30 heavy (non-hydrogen) atoms. The smallest absolute Gasteiger partial charge is 0.259 e. The molecule has 1 fully saturated rings. The minimum absolute atomic E-state index is 0.0533. The van der Waals surface area contributed by atoms with Crippen LogP contribution in [0.15, 0.2) is 60.7 Å². The van der Waals surface area contributed by atoms with E-state index in [1.54, 1.807) is 30.3 Å². The molecule has 2 amide bonds. The van der Waals surface area contributed by atoms with Crippen molar-refractivity contribution in [1.29, 1.82) is 0 Å². The van der Waals surface area contributed by atoms with Crippen molar-refractivity contribution in [2.45, 2.75) is 18.9 Å². The molecule has 6 heteroatoms. The summed E-state index contributed by atoms with van der Waals surface area (Å²) in [4.78, 5) is 25.7. The Morgan fingerprint density at radius 2 is 1.73 bits per heavy atom. The summed E-state index contributed by atoms with van der Waals surface area (Å²) in [5, 5.41) is 7.69. The first kappa shape index (κ1) is 19.9. The van der Waals surface area contributed by atoms with Crippen molar-refractivity contribution in [3.63, 3.8) is 0 Å². The van der Waals surface area contributed by atoms with Gasteiger partial charge in [-0.15, -0.1) is 0 Å². The average Bonchev–Trinajstić information content (AvgIpc) is 3.30. The van der Waals surface area contributed by atoms with Gasteiger partial charge >= 0.3 is 0 Å². The van der Waals surface area contributed by atoms with Gasteiger partial charge in [-0.1, -0.05) is 36.4 Å². The van der Waals surface area contributed by atoms with Crippen molar-refractivity contribution in [3.8, 4) is 5.75 Å². The number of hydrogen-bond donors (Lipinski definition) is 2. The van der Waals surface area contributed by atoms with Crippen molar-refractivity contribution >= 4 is 28.3 Å². The second kappa shape index (κ2) is 8.97. The second-order valence-corrected chi connectivity index (χ2v) is 7.24. The van der Waals surface area contributed by atoms with Gasteiger partial charge in [-0.05, 0) is 47.9 Å². The molecule has 154 valence electrons. The first-order valence-corrected chi connectivity index (χ1v) is 10.0. The van der Waals surface area contributed by atoms with E-state index in [1.165, 1.54) is 7.11 Å². The molecule has 0 saturated carbocycles. The zero-order valence-electron chi connectivity index (χ0n) is 16.8.